The average Bonchev–Trinajstić information content (AvgIpc) is 3.06. The number of rotatable bonds is 5. The number of nitrogens with one attached hydrogen (secondary N) is 3. The highest BCUT2D eigenvalue weighted by atomic mass is 32.2. The molecule has 0 aromatic rings. The van der Waals surface area contributed by atoms with Gasteiger partial charge < -0.3 is 4.74 Å². The first kappa shape index (κ1) is 20.2. The third kappa shape index (κ3) is 3.73. The van der Waals surface area contributed by atoms with E-state index >= 15 is 0 Å². The third-order valence-corrected chi connectivity index (χ3v) is 10.2. The fourth-order valence-corrected chi connectivity index (χ4v) is 8.55. The molecule has 29 heavy (non-hydrogen) atoms. The maximum atomic E-state index is 13.0. The molecule has 0 spiro atoms. The number of ether oxygens (including phenoxy) is 1. The van der Waals surface area contributed by atoms with Crippen LogP contribution in [0.25, 0.3) is 0 Å². The van der Waals surface area contributed by atoms with E-state index in [1.807, 2.05) is 0 Å². The lowest BCUT2D eigenvalue weighted by atomic mass is 9.69. The molecule has 164 valence electrons. The van der Waals surface area contributed by atoms with Crippen molar-refractivity contribution in [3.8, 4) is 0 Å². The maximum absolute atomic E-state index is 13.0. The molecular weight excluding hydrogens is 392 g/mol. The zero-order chi connectivity index (χ0) is 20.0. The first-order valence-electron chi connectivity index (χ1n) is 11.4. The van der Waals surface area contributed by atoms with Crippen molar-refractivity contribution in [1.29, 1.82) is 0 Å². The Morgan fingerprint density at radius 3 is 2.72 bits per heavy atom. The van der Waals surface area contributed by atoms with Crippen LogP contribution in [0.5, 0.6) is 0 Å². The number of amides is 1. The second-order valence-corrected chi connectivity index (χ2v) is 11.6. The number of hydrazine groups is 1. The molecule has 3 N–H and O–H groups in total. The van der Waals surface area contributed by atoms with Gasteiger partial charge in [0, 0.05) is 38.1 Å². The van der Waals surface area contributed by atoms with Crippen LogP contribution in [0.3, 0.4) is 0 Å². The van der Waals surface area contributed by atoms with E-state index in [2.05, 4.69) is 20.5 Å². The standard InChI is InChI=1S/C20H34N4O4S/c25-20-16-3-1-2-15-14-5-4-13(12-17(14)19(18(15)16)22-23-20)29(26,27)21-6-7-24-8-10-28-11-9-24/h13-19,21-22H,1-12H2,(H,23,25). The zero-order valence-electron chi connectivity index (χ0n) is 17.0. The van der Waals surface area contributed by atoms with Gasteiger partial charge in [-0.3, -0.25) is 15.1 Å². The maximum Gasteiger partial charge on any atom is 0.237 e. The Hall–Kier alpha value is -0.740. The summed E-state index contributed by atoms with van der Waals surface area (Å²) in [5.74, 6) is 2.15. The fourth-order valence-electron chi connectivity index (χ4n) is 7.02. The van der Waals surface area contributed by atoms with Crippen LogP contribution in [-0.4, -0.2) is 69.9 Å². The summed E-state index contributed by atoms with van der Waals surface area (Å²) < 4.78 is 34.3. The molecule has 8 nitrogen and oxygen atoms in total. The van der Waals surface area contributed by atoms with Crippen LogP contribution in [0.15, 0.2) is 0 Å². The van der Waals surface area contributed by atoms with Crippen molar-refractivity contribution in [3.63, 3.8) is 0 Å². The van der Waals surface area contributed by atoms with Gasteiger partial charge in [-0.25, -0.2) is 18.6 Å². The van der Waals surface area contributed by atoms with E-state index in [1.54, 1.807) is 0 Å². The van der Waals surface area contributed by atoms with E-state index < -0.39 is 10.0 Å². The van der Waals surface area contributed by atoms with Gasteiger partial charge >= 0.3 is 0 Å². The molecule has 2 heterocycles. The summed E-state index contributed by atoms with van der Waals surface area (Å²) in [6, 6.07) is 0.236. The Morgan fingerprint density at radius 1 is 1.07 bits per heavy atom. The number of morpholine rings is 1. The zero-order valence-corrected chi connectivity index (χ0v) is 17.8. The molecule has 0 bridgehead atoms. The highest BCUT2D eigenvalue weighted by Gasteiger charge is 2.59. The number of hydrogen-bond donors (Lipinski definition) is 3. The largest absolute Gasteiger partial charge is 0.379 e. The summed E-state index contributed by atoms with van der Waals surface area (Å²) in [6.45, 7) is 4.41. The smallest absolute Gasteiger partial charge is 0.237 e. The van der Waals surface area contributed by atoms with Gasteiger partial charge in [0.1, 0.15) is 0 Å². The van der Waals surface area contributed by atoms with Crippen LogP contribution in [0.2, 0.25) is 0 Å². The summed E-state index contributed by atoms with van der Waals surface area (Å²) in [4.78, 5) is 14.6. The van der Waals surface area contributed by atoms with Crippen molar-refractivity contribution in [2.75, 3.05) is 39.4 Å². The van der Waals surface area contributed by atoms with E-state index in [0.717, 1.165) is 58.5 Å². The third-order valence-electron chi connectivity index (χ3n) is 8.32. The van der Waals surface area contributed by atoms with Gasteiger partial charge in [0.05, 0.1) is 18.5 Å². The fraction of sp³-hybridized carbons (Fsp3) is 0.950. The highest BCUT2D eigenvalue weighted by molar-refractivity contribution is 7.90. The lowest BCUT2D eigenvalue weighted by Gasteiger charge is -2.41. The number of carbonyl (C=O) groups is 1. The number of sulfonamides is 1. The summed E-state index contributed by atoms with van der Waals surface area (Å²) in [6.07, 6.45) is 5.74. The molecule has 1 amide bonds. The summed E-state index contributed by atoms with van der Waals surface area (Å²) >= 11 is 0. The highest BCUT2D eigenvalue weighted by Crippen LogP contribution is 2.57. The van der Waals surface area contributed by atoms with Crippen LogP contribution in [0.1, 0.15) is 38.5 Å². The van der Waals surface area contributed by atoms with Gasteiger partial charge in [0.15, 0.2) is 0 Å². The molecule has 0 radical (unpaired) electrons. The predicted octanol–water partition coefficient (Wildman–Crippen LogP) is 0.0720. The van der Waals surface area contributed by atoms with Gasteiger partial charge in [-0.1, -0.05) is 6.42 Å². The lowest BCUT2D eigenvalue weighted by Crippen LogP contribution is -2.60. The van der Waals surface area contributed by atoms with Crippen LogP contribution >= 0.6 is 0 Å². The van der Waals surface area contributed by atoms with Gasteiger partial charge in [0.25, 0.3) is 0 Å². The van der Waals surface area contributed by atoms with Crippen molar-refractivity contribution < 1.29 is 17.9 Å². The molecule has 2 aliphatic heterocycles. The van der Waals surface area contributed by atoms with Crippen molar-refractivity contribution >= 4 is 15.9 Å². The van der Waals surface area contributed by atoms with Crippen LogP contribution in [0, 0.1) is 29.6 Å². The van der Waals surface area contributed by atoms with Crippen molar-refractivity contribution in [2.24, 2.45) is 29.6 Å². The van der Waals surface area contributed by atoms with E-state index in [4.69, 9.17) is 4.74 Å². The van der Waals surface area contributed by atoms with Gasteiger partial charge in [-0.15, -0.1) is 0 Å². The Bertz CT molecular complexity index is 726. The molecule has 5 rings (SSSR count). The van der Waals surface area contributed by atoms with E-state index in [0.29, 0.717) is 36.6 Å². The lowest BCUT2D eigenvalue weighted by molar-refractivity contribution is -0.134. The molecule has 0 aromatic heterocycles. The molecule has 7 atom stereocenters. The molecule has 3 aliphatic carbocycles. The first-order valence-corrected chi connectivity index (χ1v) is 12.9. The number of carbonyl (C=O) groups excluding carboxylic acids is 1. The minimum absolute atomic E-state index is 0.118. The van der Waals surface area contributed by atoms with Crippen LogP contribution < -0.4 is 15.6 Å². The molecule has 7 unspecified atom stereocenters. The SMILES string of the molecule is O=C1NNC2C3CC(S(=O)(=O)NCCN4CCOCC4)CCC3C3CCCC1C32. The minimum Gasteiger partial charge on any atom is -0.379 e. The van der Waals surface area contributed by atoms with E-state index in [9.17, 15) is 13.2 Å². The first-order chi connectivity index (χ1) is 14.0. The van der Waals surface area contributed by atoms with E-state index in [1.165, 1.54) is 6.42 Å². The van der Waals surface area contributed by atoms with Crippen molar-refractivity contribution in [3.05, 3.63) is 0 Å². The van der Waals surface area contributed by atoms with Gasteiger partial charge in [-0.2, -0.15) is 0 Å². The molecule has 9 heteroatoms. The number of hydrogen-bond acceptors (Lipinski definition) is 6. The second kappa shape index (κ2) is 8.07. The molecule has 5 aliphatic rings. The van der Waals surface area contributed by atoms with Gasteiger partial charge in [-0.05, 0) is 55.8 Å². The van der Waals surface area contributed by atoms with Crippen LogP contribution in [-0.2, 0) is 19.6 Å². The Morgan fingerprint density at radius 2 is 1.90 bits per heavy atom. The van der Waals surface area contributed by atoms with E-state index in [-0.39, 0.29) is 23.1 Å². The molecule has 5 fully saturated rings. The summed E-state index contributed by atoms with van der Waals surface area (Å²) in [5.41, 5.74) is 6.18. The molecule has 3 saturated carbocycles. The monoisotopic (exact) mass is 426 g/mol. The molecular formula is C20H34N4O4S. The molecule has 2 saturated heterocycles. The van der Waals surface area contributed by atoms with Crippen molar-refractivity contribution in [2.45, 2.75) is 49.8 Å². The van der Waals surface area contributed by atoms with Gasteiger partial charge in [0.2, 0.25) is 15.9 Å². The minimum atomic E-state index is -3.32. The predicted molar refractivity (Wildman–Crippen MR) is 108 cm³/mol. The Labute approximate surface area is 173 Å². The number of fused-ring (bicyclic) bond motifs is 3. The Kier molecular flexibility index (Phi) is 5.62. The number of nitrogens with zero attached hydrogens (tertiary/aromatic N) is 1. The quantitative estimate of drug-likeness (QED) is 0.576. The summed E-state index contributed by atoms with van der Waals surface area (Å²) in [7, 11) is -3.32. The normalized spacial score (nSPS) is 42.8. The average molecular weight is 427 g/mol. The Balaban J connectivity index is 1.22. The second-order valence-electron chi connectivity index (χ2n) is 9.59. The summed E-state index contributed by atoms with van der Waals surface area (Å²) in [5, 5.41) is -0.313. The van der Waals surface area contributed by atoms with Crippen LogP contribution in [0.4, 0.5) is 0 Å². The molecule has 0 aromatic carbocycles. The van der Waals surface area contributed by atoms with Crippen molar-refractivity contribution in [1.82, 2.24) is 20.5 Å². The topological polar surface area (TPSA) is 99.8 Å².